The van der Waals surface area contributed by atoms with Crippen molar-refractivity contribution in [1.82, 2.24) is 0 Å². The summed E-state index contributed by atoms with van der Waals surface area (Å²) >= 11 is 0. The Bertz CT molecular complexity index is 842. The van der Waals surface area contributed by atoms with Gasteiger partial charge in [0.05, 0.1) is 0 Å². The molecule has 0 aliphatic heterocycles. The maximum atomic E-state index is 4.02. The lowest BCUT2D eigenvalue weighted by Crippen LogP contribution is -2.38. The highest BCUT2D eigenvalue weighted by Crippen LogP contribution is 2.74. The molecule has 10 aliphatic rings. The minimum atomic E-state index is 0.869. The minimum absolute atomic E-state index is 0.869. The van der Waals surface area contributed by atoms with E-state index in [2.05, 4.69) is 49.1 Å². The molecule has 10 rings (SSSR count). The van der Waals surface area contributed by atoms with Crippen LogP contribution in [0.3, 0.4) is 0 Å². The van der Waals surface area contributed by atoms with Gasteiger partial charge in [-0.05, 0) is 139 Å². The Kier molecular flexibility index (Phi) is 3.21. The zero-order valence-electron chi connectivity index (χ0n) is 18.8. The predicted molar refractivity (Wildman–Crippen MR) is 125 cm³/mol. The van der Waals surface area contributed by atoms with E-state index in [4.69, 9.17) is 0 Å². The molecule has 15 unspecified atom stereocenters. The molecule has 0 aromatic heterocycles. The third kappa shape index (κ3) is 1.95. The topological polar surface area (TPSA) is 0 Å². The van der Waals surface area contributed by atoms with Crippen molar-refractivity contribution >= 4 is 0 Å². The molecule has 0 aromatic carbocycles. The van der Waals surface area contributed by atoms with E-state index in [0.717, 1.165) is 101 Å². The second kappa shape index (κ2) is 5.71. The number of fused-ring (bicyclic) bond motifs is 25. The fourth-order valence-electron chi connectivity index (χ4n) is 13.0. The van der Waals surface area contributed by atoms with Crippen LogP contribution in [0.5, 0.6) is 0 Å². The predicted octanol–water partition coefficient (Wildman–Crippen LogP) is 6.78. The van der Waals surface area contributed by atoms with Gasteiger partial charge in [0.1, 0.15) is 0 Å². The van der Waals surface area contributed by atoms with Crippen LogP contribution in [-0.2, 0) is 0 Å². The quantitative estimate of drug-likeness (QED) is 0.330. The maximum absolute atomic E-state index is 4.02. The molecule has 162 valence electrons. The van der Waals surface area contributed by atoms with Gasteiger partial charge in [-0.2, -0.15) is 0 Å². The van der Waals surface area contributed by atoms with Crippen LogP contribution in [0.15, 0.2) is 49.1 Å². The molecule has 0 heterocycles. The fraction of sp³-hybridized carbons (Fsp3) is 0.742. The van der Waals surface area contributed by atoms with Crippen LogP contribution in [0.1, 0.15) is 38.5 Å². The summed E-state index contributed by atoms with van der Waals surface area (Å²) in [5, 5.41) is 0. The molecule has 7 saturated carbocycles. The van der Waals surface area contributed by atoms with Crippen molar-refractivity contribution in [3.8, 4) is 0 Å². The van der Waals surface area contributed by atoms with Crippen LogP contribution in [0, 0.1) is 101 Å². The van der Waals surface area contributed by atoms with Crippen LogP contribution < -0.4 is 0 Å². The monoisotopic (exact) mass is 410 g/mol. The van der Waals surface area contributed by atoms with Gasteiger partial charge >= 0.3 is 0 Å². The number of hydrogen-bond acceptors (Lipinski definition) is 0. The van der Waals surface area contributed by atoms with Crippen LogP contribution in [-0.4, -0.2) is 0 Å². The SMILES string of the molecule is C1=CC2CC1C1C3CC(C21)C1C2C=CC(C2)C31.C=CC1CC2CC1C1C3C=CC(C3)C21. The molecule has 0 N–H and O–H groups in total. The van der Waals surface area contributed by atoms with Crippen molar-refractivity contribution < 1.29 is 0 Å². The average molecular weight is 411 g/mol. The van der Waals surface area contributed by atoms with Crippen molar-refractivity contribution in [2.45, 2.75) is 38.5 Å². The summed E-state index contributed by atoms with van der Waals surface area (Å²) in [5.74, 6) is 17.8. The Morgan fingerprint density at radius 3 is 1.32 bits per heavy atom. The number of hydrogen-bond donors (Lipinski definition) is 0. The first kappa shape index (κ1) is 17.4. The second-order valence-electron chi connectivity index (χ2n) is 13.7. The molecule has 0 heteroatoms. The van der Waals surface area contributed by atoms with Crippen LogP contribution in [0.25, 0.3) is 0 Å². The number of rotatable bonds is 1. The molecule has 0 aromatic rings. The normalized spacial score (nSPS) is 67.3. The zero-order chi connectivity index (χ0) is 20.0. The summed E-state index contributed by atoms with van der Waals surface area (Å²) in [4.78, 5) is 0. The Morgan fingerprint density at radius 1 is 0.452 bits per heavy atom. The van der Waals surface area contributed by atoms with Gasteiger partial charge in [-0.1, -0.05) is 42.5 Å². The molecule has 0 nitrogen and oxygen atoms in total. The van der Waals surface area contributed by atoms with Gasteiger partial charge < -0.3 is 0 Å². The van der Waals surface area contributed by atoms with Gasteiger partial charge in [-0.25, -0.2) is 0 Å². The Labute approximate surface area is 188 Å². The molecule has 0 spiro atoms. The van der Waals surface area contributed by atoms with Gasteiger partial charge in [0.2, 0.25) is 0 Å². The smallest absolute Gasteiger partial charge is 0.0194 e. The highest BCUT2D eigenvalue weighted by Gasteiger charge is 2.68. The third-order valence-electron chi connectivity index (χ3n) is 13.3. The van der Waals surface area contributed by atoms with Crippen molar-refractivity contribution in [1.29, 1.82) is 0 Å². The van der Waals surface area contributed by atoms with Gasteiger partial charge in [0.25, 0.3) is 0 Å². The summed E-state index contributed by atoms with van der Waals surface area (Å²) in [6, 6.07) is 0. The first-order valence-electron chi connectivity index (χ1n) is 14.0. The van der Waals surface area contributed by atoms with Crippen molar-refractivity contribution in [3.63, 3.8) is 0 Å². The van der Waals surface area contributed by atoms with E-state index in [9.17, 15) is 0 Å². The van der Waals surface area contributed by atoms with E-state index in [-0.39, 0.29) is 0 Å². The van der Waals surface area contributed by atoms with Crippen molar-refractivity contribution in [2.24, 2.45) is 101 Å². The molecule has 0 amide bonds. The Balaban J connectivity index is 0.000000100. The summed E-state index contributed by atoms with van der Waals surface area (Å²) in [6.07, 6.45) is 26.8. The Morgan fingerprint density at radius 2 is 0.871 bits per heavy atom. The maximum Gasteiger partial charge on any atom is -0.0194 e. The molecule has 10 aliphatic carbocycles. The average Bonchev–Trinajstić information content (AvgIpc) is 3.64. The molecule has 0 radical (unpaired) electrons. The molecular weight excluding hydrogens is 372 g/mol. The standard InChI is InChI=1S/C17H20.C14H18/c1-2-9-5-8(1)14-12-7-13(15(9)14)17-11-4-3-10(6-11)16(12)17;1-2-8-5-11-7-12(8)14-10-4-3-9(6-10)13(11)14/h1-4,8-17H,5-7H2;2-4,8-14H,1,5-7H2. The third-order valence-corrected chi connectivity index (χ3v) is 13.3. The highest BCUT2D eigenvalue weighted by atomic mass is 14.7. The second-order valence-corrected chi connectivity index (χ2v) is 13.7. The van der Waals surface area contributed by atoms with Crippen molar-refractivity contribution in [3.05, 3.63) is 49.1 Å². The largest absolute Gasteiger partial charge is 0.103 e. The molecular formula is C31H38. The van der Waals surface area contributed by atoms with Crippen LogP contribution in [0.4, 0.5) is 0 Å². The van der Waals surface area contributed by atoms with Gasteiger partial charge in [0, 0.05) is 0 Å². The van der Waals surface area contributed by atoms with E-state index < -0.39 is 0 Å². The summed E-state index contributed by atoms with van der Waals surface area (Å²) in [6.45, 7) is 4.02. The van der Waals surface area contributed by atoms with Gasteiger partial charge in [-0.3, -0.25) is 0 Å². The van der Waals surface area contributed by atoms with Crippen LogP contribution >= 0.6 is 0 Å². The molecule has 15 atom stereocenters. The molecule has 0 saturated heterocycles. The summed E-state index contributed by atoms with van der Waals surface area (Å²) in [7, 11) is 0. The number of allylic oxidation sites excluding steroid dienone is 7. The van der Waals surface area contributed by atoms with E-state index >= 15 is 0 Å². The van der Waals surface area contributed by atoms with E-state index in [1.807, 2.05) is 0 Å². The first-order chi connectivity index (χ1) is 15.3. The Hall–Kier alpha value is -1.04. The highest BCUT2D eigenvalue weighted by molar-refractivity contribution is 5.28. The summed E-state index contributed by atoms with van der Waals surface area (Å²) < 4.78 is 0. The van der Waals surface area contributed by atoms with Crippen molar-refractivity contribution in [2.75, 3.05) is 0 Å². The minimum Gasteiger partial charge on any atom is -0.103 e. The lowest BCUT2D eigenvalue weighted by Gasteiger charge is -2.42. The summed E-state index contributed by atoms with van der Waals surface area (Å²) in [5.41, 5.74) is 0. The lowest BCUT2D eigenvalue weighted by atomic mass is 9.62. The molecule has 7 fully saturated rings. The lowest BCUT2D eigenvalue weighted by molar-refractivity contribution is 0.0811. The zero-order valence-corrected chi connectivity index (χ0v) is 18.8. The van der Waals surface area contributed by atoms with Crippen LogP contribution in [0.2, 0.25) is 0 Å². The van der Waals surface area contributed by atoms with Gasteiger partial charge in [0.15, 0.2) is 0 Å². The first-order valence-corrected chi connectivity index (χ1v) is 14.0. The van der Waals surface area contributed by atoms with E-state index in [1.165, 1.54) is 32.1 Å². The van der Waals surface area contributed by atoms with E-state index in [0.29, 0.717) is 0 Å². The van der Waals surface area contributed by atoms with E-state index in [1.54, 1.807) is 6.42 Å². The molecule has 10 bridgehead atoms. The molecule has 31 heavy (non-hydrogen) atoms. The van der Waals surface area contributed by atoms with Gasteiger partial charge in [-0.15, -0.1) is 6.58 Å². The fourth-order valence-corrected chi connectivity index (χ4v) is 13.0.